The number of aromatic carboxylic acids is 1. The van der Waals surface area contributed by atoms with Gasteiger partial charge in [0.1, 0.15) is 5.82 Å². The Balaban J connectivity index is 1.92. The van der Waals surface area contributed by atoms with E-state index in [9.17, 15) is 27.5 Å². The van der Waals surface area contributed by atoms with Crippen LogP contribution in [0.25, 0.3) is 16.5 Å². The molecule has 9 heteroatoms. The highest BCUT2D eigenvalue weighted by molar-refractivity contribution is 6.30. The molecule has 0 fully saturated rings. The maximum absolute atomic E-state index is 14.1. The largest absolute Gasteiger partial charge is 0.478 e. The third-order valence-corrected chi connectivity index (χ3v) is 5.17. The van der Waals surface area contributed by atoms with Crippen molar-refractivity contribution >= 4 is 34.0 Å². The molecule has 1 aliphatic rings. The second-order valence-electron chi connectivity index (χ2n) is 6.64. The Labute approximate surface area is 172 Å². The van der Waals surface area contributed by atoms with E-state index in [1.807, 2.05) is 0 Å². The smallest absolute Gasteiger partial charge is 0.428 e. The number of alkyl halides is 3. The number of fused-ring (bicyclic) bond motifs is 1. The van der Waals surface area contributed by atoms with Crippen molar-refractivity contribution in [2.75, 3.05) is 0 Å². The molecular formula is C21H12ClF4NO3. The lowest BCUT2D eigenvalue weighted by molar-refractivity contribution is -0.269. The van der Waals surface area contributed by atoms with Gasteiger partial charge < -0.3 is 5.11 Å². The van der Waals surface area contributed by atoms with Gasteiger partial charge in [-0.25, -0.2) is 9.18 Å². The summed E-state index contributed by atoms with van der Waals surface area (Å²) in [6, 6.07) is 11.8. The monoisotopic (exact) mass is 437 g/mol. The predicted octanol–water partition coefficient (Wildman–Crippen LogP) is 5.66. The summed E-state index contributed by atoms with van der Waals surface area (Å²) in [6.45, 7) is 0. The first-order valence-electron chi connectivity index (χ1n) is 8.58. The first-order chi connectivity index (χ1) is 14.1. The molecule has 0 spiro atoms. The van der Waals surface area contributed by atoms with Crippen LogP contribution in [0.15, 0.2) is 60.7 Å². The predicted molar refractivity (Wildman–Crippen MR) is 102 cm³/mol. The Morgan fingerprint density at radius 1 is 1.07 bits per heavy atom. The summed E-state index contributed by atoms with van der Waals surface area (Å²) in [5, 5.41) is 9.69. The molecule has 0 aromatic heterocycles. The van der Waals surface area contributed by atoms with Crippen LogP contribution in [0, 0.1) is 5.82 Å². The van der Waals surface area contributed by atoms with Crippen LogP contribution >= 0.6 is 11.6 Å². The van der Waals surface area contributed by atoms with Crippen molar-refractivity contribution in [3.8, 4) is 0 Å². The van der Waals surface area contributed by atoms with E-state index < -0.39 is 34.1 Å². The van der Waals surface area contributed by atoms with Gasteiger partial charge in [0, 0.05) is 11.1 Å². The number of carboxylic acids is 1. The number of hydroxylamine groups is 1. The fourth-order valence-electron chi connectivity index (χ4n) is 3.42. The number of carboxylic acid groups (broad SMARTS) is 1. The average Bonchev–Trinajstić information content (AvgIpc) is 3.15. The van der Waals surface area contributed by atoms with E-state index in [1.165, 1.54) is 12.1 Å². The number of carbonyl (C=O) groups is 1. The molecule has 1 unspecified atom stereocenters. The van der Waals surface area contributed by atoms with Gasteiger partial charge in [-0.3, -0.25) is 10.3 Å². The first-order valence-corrected chi connectivity index (χ1v) is 8.96. The molecule has 1 heterocycles. The Morgan fingerprint density at radius 2 is 1.77 bits per heavy atom. The van der Waals surface area contributed by atoms with Crippen molar-refractivity contribution in [2.45, 2.75) is 11.8 Å². The van der Waals surface area contributed by atoms with Crippen LogP contribution in [0.1, 0.15) is 21.5 Å². The Kier molecular flexibility index (Phi) is 4.71. The number of hydrogen-bond donors (Lipinski definition) is 2. The Morgan fingerprint density at radius 3 is 2.40 bits per heavy atom. The minimum Gasteiger partial charge on any atom is -0.478 e. The highest BCUT2D eigenvalue weighted by Gasteiger charge is 2.59. The molecule has 154 valence electrons. The van der Waals surface area contributed by atoms with Crippen LogP contribution in [0.4, 0.5) is 17.6 Å². The first kappa shape index (κ1) is 20.2. The van der Waals surface area contributed by atoms with Crippen molar-refractivity contribution in [2.24, 2.45) is 0 Å². The van der Waals surface area contributed by atoms with E-state index >= 15 is 0 Å². The maximum Gasteiger partial charge on any atom is 0.428 e. The van der Waals surface area contributed by atoms with Gasteiger partial charge in [0.15, 0.2) is 0 Å². The molecule has 1 aliphatic heterocycles. The molecule has 0 amide bonds. The average molecular weight is 438 g/mol. The molecule has 0 radical (unpaired) electrons. The number of hydrogen-bond acceptors (Lipinski definition) is 3. The molecule has 0 bridgehead atoms. The maximum atomic E-state index is 14.1. The molecular weight excluding hydrogens is 426 g/mol. The highest BCUT2D eigenvalue weighted by atomic mass is 35.5. The summed E-state index contributed by atoms with van der Waals surface area (Å²) >= 11 is 5.69. The van der Waals surface area contributed by atoms with Crippen LogP contribution in [-0.4, -0.2) is 17.3 Å². The van der Waals surface area contributed by atoms with Crippen molar-refractivity contribution in [3.05, 3.63) is 88.2 Å². The van der Waals surface area contributed by atoms with Gasteiger partial charge in [-0.05, 0) is 35.0 Å². The van der Waals surface area contributed by atoms with E-state index in [4.69, 9.17) is 16.4 Å². The van der Waals surface area contributed by atoms with Crippen LogP contribution < -0.4 is 5.48 Å². The fraction of sp³-hybridized carbons (Fsp3) is 0.0952. The standard InChI is InChI=1S/C21H12ClF4NO3/c22-16-9-11(5-8-17(16)23)20(21(24,25)26)10-18(27-30-20)14-6-7-15(19(28)29)13-4-2-1-3-12(13)14/h1-10,27H,(H,28,29). The molecule has 30 heavy (non-hydrogen) atoms. The van der Waals surface area contributed by atoms with Crippen molar-refractivity contribution in [1.29, 1.82) is 0 Å². The van der Waals surface area contributed by atoms with Gasteiger partial charge in [-0.1, -0.05) is 48.0 Å². The lowest BCUT2D eigenvalue weighted by Crippen LogP contribution is -2.42. The quantitative estimate of drug-likeness (QED) is 0.519. The van der Waals surface area contributed by atoms with Crippen molar-refractivity contribution < 1.29 is 32.3 Å². The van der Waals surface area contributed by atoms with Gasteiger partial charge in [0.05, 0.1) is 16.3 Å². The van der Waals surface area contributed by atoms with Crippen LogP contribution in [0.3, 0.4) is 0 Å². The number of rotatable bonds is 3. The molecule has 2 N–H and O–H groups in total. The van der Waals surface area contributed by atoms with Crippen LogP contribution in [0.2, 0.25) is 5.02 Å². The summed E-state index contributed by atoms with van der Waals surface area (Å²) in [7, 11) is 0. The summed E-state index contributed by atoms with van der Waals surface area (Å²) < 4.78 is 55.7. The SMILES string of the molecule is O=C(O)c1ccc(C2=CC(c3ccc(F)c(Cl)c3)(C(F)(F)F)ON2)c2ccccc12. The van der Waals surface area contributed by atoms with E-state index in [1.54, 1.807) is 24.3 Å². The minimum atomic E-state index is -4.90. The number of nitrogens with one attached hydrogen (secondary N) is 1. The molecule has 4 rings (SSSR count). The van der Waals surface area contributed by atoms with Crippen molar-refractivity contribution in [1.82, 2.24) is 5.48 Å². The summed E-state index contributed by atoms with van der Waals surface area (Å²) in [6.07, 6.45) is -4.07. The molecule has 0 saturated carbocycles. The molecule has 3 aromatic carbocycles. The summed E-state index contributed by atoms with van der Waals surface area (Å²) in [5.74, 6) is -2.02. The highest BCUT2D eigenvalue weighted by Crippen LogP contribution is 2.48. The van der Waals surface area contributed by atoms with Gasteiger partial charge in [-0.2, -0.15) is 13.2 Å². The summed E-state index contributed by atoms with van der Waals surface area (Å²) in [5.41, 5.74) is -0.700. The number of halogens is 5. The van der Waals surface area contributed by atoms with E-state index in [0.717, 1.165) is 24.3 Å². The zero-order chi connectivity index (χ0) is 21.7. The van der Waals surface area contributed by atoms with E-state index in [-0.39, 0.29) is 11.3 Å². The topological polar surface area (TPSA) is 58.6 Å². The fourth-order valence-corrected chi connectivity index (χ4v) is 3.60. The third kappa shape index (κ3) is 3.09. The molecule has 0 aliphatic carbocycles. The minimum absolute atomic E-state index is 0.0130. The van der Waals surface area contributed by atoms with Crippen molar-refractivity contribution in [3.63, 3.8) is 0 Å². The van der Waals surface area contributed by atoms with Gasteiger partial charge in [-0.15, -0.1) is 0 Å². The zero-order valence-electron chi connectivity index (χ0n) is 14.9. The lowest BCUT2D eigenvalue weighted by atomic mass is 9.90. The Bertz CT molecular complexity index is 1210. The van der Waals surface area contributed by atoms with E-state index in [2.05, 4.69) is 5.48 Å². The lowest BCUT2D eigenvalue weighted by Gasteiger charge is -2.28. The van der Waals surface area contributed by atoms with E-state index in [0.29, 0.717) is 16.3 Å². The van der Waals surface area contributed by atoms with Gasteiger partial charge in [0.2, 0.25) is 5.60 Å². The summed E-state index contributed by atoms with van der Waals surface area (Å²) in [4.78, 5) is 16.5. The Hall–Kier alpha value is -3.10. The van der Waals surface area contributed by atoms with Gasteiger partial charge >= 0.3 is 12.1 Å². The molecule has 4 nitrogen and oxygen atoms in total. The van der Waals surface area contributed by atoms with Gasteiger partial charge in [0.25, 0.3) is 0 Å². The second-order valence-corrected chi connectivity index (χ2v) is 7.04. The van der Waals surface area contributed by atoms with Crippen LogP contribution in [0.5, 0.6) is 0 Å². The third-order valence-electron chi connectivity index (χ3n) is 4.88. The molecule has 0 saturated heterocycles. The van der Waals surface area contributed by atoms with Crippen LogP contribution in [-0.2, 0) is 10.4 Å². The normalized spacial score (nSPS) is 18.9. The zero-order valence-corrected chi connectivity index (χ0v) is 15.7. The number of benzene rings is 3. The second kappa shape index (κ2) is 7.00. The molecule has 1 atom stereocenters. The molecule has 3 aromatic rings.